The largest absolute Gasteiger partial charge is 0.416 e. The maximum atomic E-state index is 12.9. The molecule has 0 saturated heterocycles. The molecule has 0 bridgehead atoms. The number of pyridine rings is 1. The minimum atomic E-state index is -4.52. The zero-order valence-corrected chi connectivity index (χ0v) is 11.2. The molecule has 96 valence electrons. The molecule has 0 aliphatic rings. The first-order valence-electron chi connectivity index (χ1n) is 4.78. The first kappa shape index (κ1) is 14.5. The fraction of sp³-hybridized carbons (Fsp3) is 0.500. The Morgan fingerprint density at radius 2 is 2.00 bits per heavy atom. The molecule has 1 aromatic heterocycles. The molecule has 0 aromatic carbocycles. The Kier molecular flexibility index (Phi) is 4.24. The molecule has 0 N–H and O–H groups in total. The van der Waals surface area contributed by atoms with Crippen molar-refractivity contribution in [3.05, 3.63) is 33.2 Å². The average molecular weight is 283 g/mol. The van der Waals surface area contributed by atoms with Crippen LogP contribution < -0.4 is 5.56 Å². The first-order chi connectivity index (χ1) is 7.70. The second-order valence-corrected chi connectivity index (χ2v) is 5.27. The van der Waals surface area contributed by atoms with E-state index in [0.29, 0.717) is 0 Å². The van der Waals surface area contributed by atoms with Crippen LogP contribution in [-0.4, -0.2) is 4.57 Å². The number of hydrogen-bond acceptors (Lipinski definition) is 3. The van der Waals surface area contributed by atoms with E-state index >= 15 is 0 Å². The van der Waals surface area contributed by atoms with Crippen LogP contribution in [-0.2, 0) is 13.2 Å². The van der Waals surface area contributed by atoms with E-state index in [0.717, 1.165) is 16.9 Å². The fourth-order valence-corrected chi connectivity index (χ4v) is 2.17. The third-order valence-electron chi connectivity index (χ3n) is 2.58. The molecule has 1 rings (SSSR count). The summed E-state index contributed by atoms with van der Waals surface area (Å²) in [4.78, 5) is 11.9. The Balaban J connectivity index is 3.65. The quantitative estimate of drug-likeness (QED) is 0.664. The highest BCUT2D eigenvalue weighted by molar-refractivity contribution is 8.68. The molecule has 1 aromatic rings. The van der Waals surface area contributed by atoms with Gasteiger partial charge in [0.15, 0.2) is 0 Å². The lowest BCUT2D eigenvalue weighted by Crippen LogP contribution is -2.28. The lowest BCUT2D eigenvalue weighted by molar-refractivity contribution is -0.138. The van der Waals surface area contributed by atoms with E-state index in [1.807, 2.05) is 0 Å². The summed E-state index contributed by atoms with van der Waals surface area (Å²) in [7, 11) is 2.37. The normalized spacial score (nSPS) is 13.8. The van der Waals surface area contributed by atoms with Crippen LogP contribution in [0.5, 0.6) is 0 Å². The molecule has 1 unspecified atom stereocenters. The van der Waals surface area contributed by atoms with E-state index in [9.17, 15) is 18.0 Å². The zero-order chi connectivity index (χ0) is 13.4. The highest BCUT2D eigenvalue weighted by Crippen LogP contribution is 2.38. The summed E-state index contributed by atoms with van der Waals surface area (Å²) in [6, 6.07) is 0.997. The van der Waals surface area contributed by atoms with E-state index in [-0.39, 0.29) is 11.3 Å². The van der Waals surface area contributed by atoms with Gasteiger partial charge >= 0.3 is 6.18 Å². The topological polar surface area (TPSA) is 22.0 Å². The van der Waals surface area contributed by atoms with Crippen LogP contribution >= 0.6 is 22.5 Å². The monoisotopic (exact) mass is 283 g/mol. The number of aryl methyl sites for hydroxylation is 1. The SMILES string of the molecule is Cc1cc(C(F)(F)F)c(C(C)SS)c(=O)n1C. The lowest BCUT2D eigenvalue weighted by Gasteiger charge is -2.18. The molecule has 1 heterocycles. The summed E-state index contributed by atoms with van der Waals surface area (Å²) in [6.45, 7) is 3.00. The molecule has 1 atom stereocenters. The average Bonchev–Trinajstić information content (AvgIpc) is 2.23. The van der Waals surface area contributed by atoms with Crippen molar-refractivity contribution in [3.8, 4) is 0 Å². The standard InChI is InChI=1S/C10H12F3NOS2/c1-5-4-7(10(11,12)13)8(6(2)17-16)9(15)14(5)3/h4,6,16H,1-3H3. The van der Waals surface area contributed by atoms with Gasteiger partial charge in [-0.15, -0.1) is 11.7 Å². The predicted octanol–water partition coefficient (Wildman–Crippen LogP) is 3.35. The number of halogens is 3. The predicted molar refractivity (Wildman–Crippen MR) is 66.4 cm³/mol. The van der Waals surface area contributed by atoms with Gasteiger partial charge in [-0.05, 0) is 19.9 Å². The van der Waals surface area contributed by atoms with E-state index in [4.69, 9.17) is 0 Å². The van der Waals surface area contributed by atoms with Crippen molar-refractivity contribution in [2.24, 2.45) is 7.05 Å². The maximum Gasteiger partial charge on any atom is 0.416 e. The second-order valence-electron chi connectivity index (χ2n) is 3.72. The molecule has 17 heavy (non-hydrogen) atoms. The zero-order valence-electron chi connectivity index (χ0n) is 9.50. The van der Waals surface area contributed by atoms with Crippen molar-refractivity contribution in [3.63, 3.8) is 0 Å². The van der Waals surface area contributed by atoms with E-state index in [1.54, 1.807) is 0 Å². The molecule has 0 amide bonds. The van der Waals surface area contributed by atoms with Crippen molar-refractivity contribution >= 4 is 22.5 Å². The van der Waals surface area contributed by atoms with Crippen molar-refractivity contribution in [2.45, 2.75) is 25.3 Å². The number of rotatable bonds is 2. The summed E-state index contributed by atoms with van der Waals surface area (Å²) >= 11 is 3.88. The molecule has 7 heteroatoms. The second kappa shape index (κ2) is 4.97. The molecule has 0 saturated carbocycles. The van der Waals surface area contributed by atoms with Gasteiger partial charge in [0.25, 0.3) is 5.56 Å². The van der Waals surface area contributed by atoms with Crippen molar-refractivity contribution in [1.29, 1.82) is 0 Å². The van der Waals surface area contributed by atoms with E-state index in [2.05, 4.69) is 11.7 Å². The summed E-state index contributed by atoms with van der Waals surface area (Å²) in [6.07, 6.45) is -4.52. The highest BCUT2D eigenvalue weighted by Gasteiger charge is 2.36. The van der Waals surface area contributed by atoms with Crippen LogP contribution in [0.3, 0.4) is 0 Å². The Hall–Kier alpha value is -0.560. The van der Waals surface area contributed by atoms with Gasteiger partial charge in [0.1, 0.15) is 0 Å². The molecule has 2 nitrogen and oxygen atoms in total. The van der Waals surface area contributed by atoms with Crippen molar-refractivity contribution < 1.29 is 13.2 Å². The summed E-state index contributed by atoms with van der Waals surface area (Å²) in [5.41, 5.74) is -1.45. The van der Waals surface area contributed by atoms with Gasteiger partial charge in [-0.2, -0.15) is 13.2 Å². The molecule has 0 spiro atoms. The van der Waals surface area contributed by atoms with Gasteiger partial charge in [-0.25, -0.2) is 0 Å². The van der Waals surface area contributed by atoms with Crippen LogP contribution in [0.1, 0.15) is 29.0 Å². The highest BCUT2D eigenvalue weighted by atomic mass is 33.1. The van der Waals surface area contributed by atoms with Crippen molar-refractivity contribution in [1.82, 2.24) is 4.57 Å². The smallest absolute Gasteiger partial charge is 0.316 e. The minimum absolute atomic E-state index is 0.245. The van der Waals surface area contributed by atoms with Crippen LogP contribution in [0.15, 0.2) is 10.9 Å². The molecule has 0 aliphatic carbocycles. The number of nitrogens with zero attached hydrogens (tertiary/aromatic N) is 1. The fourth-order valence-electron chi connectivity index (χ4n) is 1.52. The number of hydrogen-bond donors (Lipinski definition) is 1. The Morgan fingerprint density at radius 1 is 1.47 bits per heavy atom. The van der Waals surface area contributed by atoms with Crippen LogP contribution in [0.25, 0.3) is 0 Å². The Bertz CT molecular complexity index is 482. The molecule has 0 aliphatic heterocycles. The number of thiol groups is 1. The van der Waals surface area contributed by atoms with E-state index < -0.39 is 22.5 Å². The number of alkyl halides is 3. The van der Waals surface area contributed by atoms with Gasteiger partial charge in [0.2, 0.25) is 0 Å². The van der Waals surface area contributed by atoms with Gasteiger partial charge < -0.3 is 4.57 Å². The van der Waals surface area contributed by atoms with Crippen LogP contribution in [0, 0.1) is 6.92 Å². The van der Waals surface area contributed by atoms with Crippen LogP contribution in [0.4, 0.5) is 13.2 Å². The van der Waals surface area contributed by atoms with Crippen LogP contribution in [0.2, 0.25) is 0 Å². The molecule has 0 radical (unpaired) electrons. The number of aromatic nitrogens is 1. The minimum Gasteiger partial charge on any atom is -0.316 e. The molecular weight excluding hydrogens is 271 g/mol. The maximum absolute atomic E-state index is 12.9. The third-order valence-corrected chi connectivity index (χ3v) is 4.08. The Labute approximate surface area is 106 Å². The van der Waals surface area contributed by atoms with Gasteiger partial charge in [-0.3, -0.25) is 4.79 Å². The van der Waals surface area contributed by atoms with Gasteiger partial charge in [0.05, 0.1) is 5.56 Å². The van der Waals surface area contributed by atoms with E-state index in [1.165, 1.54) is 25.5 Å². The summed E-state index contributed by atoms with van der Waals surface area (Å²) in [5.74, 6) is 0. The summed E-state index contributed by atoms with van der Waals surface area (Å²) < 4.78 is 39.8. The first-order valence-corrected chi connectivity index (χ1v) is 6.71. The van der Waals surface area contributed by atoms with Gasteiger partial charge in [0, 0.05) is 23.6 Å². The third kappa shape index (κ3) is 2.82. The van der Waals surface area contributed by atoms with Gasteiger partial charge in [-0.1, -0.05) is 10.8 Å². The molecular formula is C10H12F3NOS2. The summed E-state index contributed by atoms with van der Waals surface area (Å²) in [5, 5.41) is -0.616. The molecule has 0 fully saturated rings. The lowest BCUT2D eigenvalue weighted by atomic mass is 10.1. The van der Waals surface area contributed by atoms with Crippen molar-refractivity contribution in [2.75, 3.05) is 0 Å². The Morgan fingerprint density at radius 3 is 2.41 bits per heavy atom.